The van der Waals surface area contributed by atoms with E-state index in [0.717, 1.165) is 23.1 Å². The fourth-order valence-corrected chi connectivity index (χ4v) is 2.98. The summed E-state index contributed by atoms with van der Waals surface area (Å²) in [5.74, 6) is 0. The molecule has 0 amide bonds. The summed E-state index contributed by atoms with van der Waals surface area (Å²) < 4.78 is 8.86. The number of rotatable bonds is 7. The molecule has 1 aromatic carbocycles. The van der Waals surface area contributed by atoms with Crippen molar-refractivity contribution in [1.82, 2.24) is 29.8 Å². The quantitative estimate of drug-likeness (QED) is 0.619. The lowest BCUT2D eigenvalue weighted by molar-refractivity contribution is 0.184. The number of benzene rings is 1. The van der Waals surface area contributed by atoms with E-state index in [1.165, 1.54) is 0 Å². The predicted molar refractivity (Wildman–Crippen MR) is 87.5 cm³/mol. The van der Waals surface area contributed by atoms with E-state index in [0.29, 0.717) is 6.61 Å². The number of nitrogens with zero attached hydrogens (tertiary/aromatic N) is 6. The molecule has 0 radical (unpaired) electrons. The molecular formula is C15H18N6OS. The fraction of sp³-hybridized carbons (Fsp3) is 0.333. The van der Waals surface area contributed by atoms with Crippen molar-refractivity contribution in [2.45, 2.75) is 23.9 Å². The van der Waals surface area contributed by atoms with E-state index in [9.17, 15) is 0 Å². The van der Waals surface area contributed by atoms with E-state index in [-0.39, 0.29) is 5.25 Å². The molecule has 0 unspecified atom stereocenters. The fourth-order valence-electron chi connectivity index (χ4n) is 2.07. The van der Waals surface area contributed by atoms with Crippen molar-refractivity contribution >= 4 is 11.8 Å². The van der Waals surface area contributed by atoms with Gasteiger partial charge in [0.25, 0.3) is 0 Å². The van der Waals surface area contributed by atoms with Gasteiger partial charge in [-0.3, -0.25) is 0 Å². The first kappa shape index (κ1) is 15.7. The Labute approximate surface area is 138 Å². The molecular weight excluding hydrogens is 312 g/mol. The molecule has 3 aromatic rings. The minimum Gasteiger partial charge on any atom is -0.383 e. The van der Waals surface area contributed by atoms with Crippen molar-refractivity contribution in [2.24, 2.45) is 0 Å². The molecule has 7 nitrogen and oxygen atoms in total. The predicted octanol–water partition coefficient (Wildman–Crippen LogP) is 2.36. The van der Waals surface area contributed by atoms with Crippen LogP contribution in [0.4, 0.5) is 0 Å². The van der Waals surface area contributed by atoms with Gasteiger partial charge in [0.1, 0.15) is 6.33 Å². The highest BCUT2D eigenvalue weighted by atomic mass is 32.2. The van der Waals surface area contributed by atoms with E-state index in [1.807, 2.05) is 41.1 Å². The molecule has 8 heteroatoms. The minimum absolute atomic E-state index is 0.123. The Balaban J connectivity index is 1.71. The van der Waals surface area contributed by atoms with Crippen molar-refractivity contribution in [1.29, 1.82) is 0 Å². The second-order valence-corrected chi connectivity index (χ2v) is 6.29. The number of aromatic nitrogens is 6. The number of hydrogen-bond acceptors (Lipinski definition) is 6. The van der Waals surface area contributed by atoms with Crippen LogP contribution in [-0.2, 0) is 11.3 Å². The van der Waals surface area contributed by atoms with E-state index < -0.39 is 0 Å². The molecule has 0 saturated heterocycles. The maximum Gasteiger partial charge on any atom is 0.191 e. The molecule has 0 spiro atoms. The molecule has 0 aliphatic rings. The summed E-state index contributed by atoms with van der Waals surface area (Å²) in [5.41, 5.74) is 1.90. The molecule has 0 aliphatic heterocycles. The molecule has 0 fully saturated rings. The highest BCUT2D eigenvalue weighted by Gasteiger charge is 2.16. The third kappa shape index (κ3) is 3.77. The summed E-state index contributed by atoms with van der Waals surface area (Å²) >= 11 is 1.61. The third-order valence-corrected chi connectivity index (χ3v) is 4.47. The maximum atomic E-state index is 5.10. The van der Waals surface area contributed by atoms with Gasteiger partial charge in [0.05, 0.1) is 29.4 Å². The van der Waals surface area contributed by atoms with Gasteiger partial charge >= 0.3 is 0 Å². The van der Waals surface area contributed by atoms with Crippen molar-refractivity contribution in [3.05, 3.63) is 48.5 Å². The second-order valence-electron chi connectivity index (χ2n) is 4.98. The first-order valence-corrected chi connectivity index (χ1v) is 8.17. The Morgan fingerprint density at radius 1 is 1.22 bits per heavy atom. The van der Waals surface area contributed by atoms with Gasteiger partial charge in [0, 0.05) is 13.7 Å². The van der Waals surface area contributed by atoms with Crippen molar-refractivity contribution < 1.29 is 4.74 Å². The van der Waals surface area contributed by atoms with E-state index in [1.54, 1.807) is 29.9 Å². The van der Waals surface area contributed by atoms with Crippen LogP contribution < -0.4 is 0 Å². The lowest BCUT2D eigenvalue weighted by atomic mass is 10.3. The molecule has 3 rings (SSSR count). The standard InChI is InChI=1S/C15H18N6OS/c1-12(23-15-18-16-11-20(15)8-9-22-2)14-10-21(19-17-14)13-6-4-3-5-7-13/h3-7,10-12H,8-9H2,1-2H3/t12-/m0/s1. The molecule has 0 saturated carbocycles. The van der Waals surface area contributed by atoms with Crippen LogP contribution in [0, 0.1) is 0 Å². The molecule has 1 atom stereocenters. The zero-order valence-corrected chi connectivity index (χ0v) is 13.8. The lowest BCUT2D eigenvalue weighted by Gasteiger charge is -2.08. The zero-order chi connectivity index (χ0) is 16.1. The van der Waals surface area contributed by atoms with Gasteiger partial charge in [0.15, 0.2) is 5.16 Å². The van der Waals surface area contributed by atoms with Gasteiger partial charge in [-0.1, -0.05) is 35.2 Å². The molecule has 2 aromatic heterocycles. The monoisotopic (exact) mass is 330 g/mol. The van der Waals surface area contributed by atoms with Crippen LogP contribution in [0.2, 0.25) is 0 Å². The van der Waals surface area contributed by atoms with Gasteiger partial charge in [-0.15, -0.1) is 15.3 Å². The highest BCUT2D eigenvalue weighted by molar-refractivity contribution is 7.99. The van der Waals surface area contributed by atoms with Gasteiger partial charge in [-0.2, -0.15) is 0 Å². The summed E-state index contributed by atoms with van der Waals surface area (Å²) in [6, 6.07) is 9.93. The van der Waals surface area contributed by atoms with Crippen LogP contribution in [0.3, 0.4) is 0 Å². The number of hydrogen-bond donors (Lipinski definition) is 0. The molecule has 2 heterocycles. The molecule has 0 bridgehead atoms. The molecule has 120 valence electrons. The Kier molecular flexibility index (Phi) is 5.04. The van der Waals surface area contributed by atoms with E-state index in [4.69, 9.17) is 4.74 Å². The van der Waals surface area contributed by atoms with Gasteiger partial charge in [-0.05, 0) is 19.1 Å². The summed E-state index contributed by atoms with van der Waals surface area (Å²) in [6.07, 6.45) is 3.66. The van der Waals surface area contributed by atoms with E-state index in [2.05, 4.69) is 27.4 Å². The van der Waals surface area contributed by atoms with Gasteiger partial charge in [0.2, 0.25) is 0 Å². The Hall–Kier alpha value is -2.19. The largest absolute Gasteiger partial charge is 0.383 e. The van der Waals surface area contributed by atoms with Crippen molar-refractivity contribution in [2.75, 3.05) is 13.7 Å². The topological polar surface area (TPSA) is 70.7 Å². The number of methoxy groups -OCH3 is 1. The molecule has 0 aliphatic carbocycles. The third-order valence-electron chi connectivity index (χ3n) is 3.35. The highest BCUT2D eigenvalue weighted by Crippen LogP contribution is 2.32. The first-order valence-electron chi connectivity index (χ1n) is 7.29. The van der Waals surface area contributed by atoms with Crippen LogP contribution in [0.5, 0.6) is 0 Å². The van der Waals surface area contributed by atoms with Crippen LogP contribution in [0.1, 0.15) is 17.9 Å². The Morgan fingerprint density at radius 2 is 2.04 bits per heavy atom. The molecule has 0 N–H and O–H groups in total. The average molecular weight is 330 g/mol. The zero-order valence-electron chi connectivity index (χ0n) is 13.0. The molecule has 23 heavy (non-hydrogen) atoms. The number of para-hydroxylation sites is 1. The summed E-state index contributed by atoms with van der Waals surface area (Å²) in [7, 11) is 1.68. The van der Waals surface area contributed by atoms with Crippen LogP contribution in [0.15, 0.2) is 48.0 Å². The first-order chi connectivity index (χ1) is 11.3. The van der Waals surface area contributed by atoms with Crippen molar-refractivity contribution in [3.63, 3.8) is 0 Å². The summed E-state index contributed by atoms with van der Waals surface area (Å²) in [4.78, 5) is 0. The van der Waals surface area contributed by atoms with Crippen LogP contribution in [0.25, 0.3) is 5.69 Å². The smallest absolute Gasteiger partial charge is 0.191 e. The van der Waals surface area contributed by atoms with Crippen LogP contribution in [-0.4, -0.2) is 43.5 Å². The number of ether oxygens (including phenoxy) is 1. The van der Waals surface area contributed by atoms with Crippen molar-refractivity contribution in [3.8, 4) is 5.69 Å². The maximum absolute atomic E-state index is 5.10. The Morgan fingerprint density at radius 3 is 2.83 bits per heavy atom. The SMILES string of the molecule is COCCn1cnnc1S[C@@H](C)c1cn(-c2ccccc2)nn1. The van der Waals surface area contributed by atoms with Crippen LogP contribution >= 0.6 is 11.8 Å². The second kappa shape index (κ2) is 7.38. The summed E-state index contributed by atoms with van der Waals surface area (Å²) in [6.45, 7) is 3.44. The Bertz CT molecular complexity index is 741. The lowest BCUT2D eigenvalue weighted by Crippen LogP contribution is -2.05. The summed E-state index contributed by atoms with van der Waals surface area (Å²) in [5, 5.41) is 17.6. The number of thioether (sulfide) groups is 1. The minimum atomic E-state index is 0.123. The normalized spacial score (nSPS) is 12.4. The average Bonchev–Trinajstić information content (AvgIpc) is 3.23. The van der Waals surface area contributed by atoms with E-state index >= 15 is 0 Å². The van der Waals surface area contributed by atoms with Gasteiger partial charge < -0.3 is 9.30 Å². The van der Waals surface area contributed by atoms with Gasteiger partial charge in [-0.25, -0.2) is 4.68 Å².